The molecule has 0 bridgehead atoms. The van der Waals surface area contributed by atoms with Crippen LogP contribution in [0.4, 0.5) is 13.2 Å². The molecule has 1 heterocycles. The predicted molar refractivity (Wildman–Crippen MR) is 78.1 cm³/mol. The Labute approximate surface area is 131 Å². The van der Waals surface area contributed by atoms with Gasteiger partial charge in [0.25, 0.3) is 0 Å². The molecule has 21 heavy (non-hydrogen) atoms. The zero-order valence-electron chi connectivity index (χ0n) is 12.2. The number of aromatic nitrogens is 2. The number of nitrogens with zero attached hydrogens (tertiary/aromatic N) is 2. The molecule has 1 rings (SSSR count). The second-order valence-corrected chi connectivity index (χ2v) is 5.61. The number of hydrogen-bond acceptors (Lipinski definition) is 3. The molecule has 0 spiro atoms. The standard InChI is InChI=1S/C13H21BrF3N3O/c1-3-6-18-11(4-5-13(15,16)17)12-10(14)9-19-20(12)7-8-21-2/h9,11,18H,3-8H2,1-2H3. The Morgan fingerprint density at radius 2 is 2.19 bits per heavy atom. The molecule has 8 heteroatoms. The molecule has 0 aliphatic heterocycles. The van der Waals surface area contributed by atoms with Gasteiger partial charge in [0.15, 0.2) is 0 Å². The third-order valence-corrected chi connectivity index (χ3v) is 3.64. The molecule has 0 amide bonds. The summed E-state index contributed by atoms with van der Waals surface area (Å²) in [6.45, 7) is 3.60. The zero-order chi connectivity index (χ0) is 15.9. The molecule has 1 aromatic heterocycles. The Morgan fingerprint density at radius 1 is 1.48 bits per heavy atom. The molecule has 0 fully saturated rings. The Bertz CT molecular complexity index is 423. The lowest BCUT2D eigenvalue weighted by atomic mass is 10.1. The van der Waals surface area contributed by atoms with Crippen molar-refractivity contribution >= 4 is 15.9 Å². The van der Waals surface area contributed by atoms with E-state index in [0.29, 0.717) is 19.7 Å². The first-order chi connectivity index (χ1) is 9.89. The first-order valence-corrected chi connectivity index (χ1v) is 7.68. The molecule has 0 aromatic carbocycles. The van der Waals surface area contributed by atoms with Crippen molar-refractivity contribution in [3.05, 3.63) is 16.4 Å². The van der Waals surface area contributed by atoms with E-state index in [1.54, 1.807) is 18.0 Å². The van der Waals surface area contributed by atoms with E-state index in [9.17, 15) is 13.2 Å². The average Bonchev–Trinajstić information content (AvgIpc) is 2.77. The van der Waals surface area contributed by atoms with Gasteiger partial charge in [0, 0.05) is 13.5 Å². The van der Waals surface area contributed by atoms with Gasteiger partial charge in [-0.05, 0) is 35.3 Å². The maximum atomic E-state index is 12.5. The van der Waals surface area contributed by atoms with E-state index >= 15 is 0 Å². The Kier molecular flexibility index (Phi) is 7.69. The van der Waals surface area contributed by atoms with Gasteiger partial charge in [0.1, 0.15) is 0 Å². The Morgan fingerprint density at radius 3 is 2.76 bits per heavy atom. The summed E-state index contributed by atoms with van der Waals surface area (Å²) in [4.78, 5) is 0. The summed E-state index contributed by atoms with van der Waals surface area (Å²) < 4.78 is 44.9. The zero-order valence-corrected chi connectivity index (χ0v) is 13.8. The smallest absolute Gasteiger partial charge is 0.383 e. The second-order valence-electron chi connectivity index (χ2n) is 4.75. The van der Waals surface area contributed by atoms with Crippen molar-refractivity contribution in [1.82, 2.24) is 15.1 Å². The maximum absolute atomic E-state index is 12.5. The molecule has 4 nitrogen and oxygen atoms in total. The van der Waals surface area contributed by atoms with Gasteiger partial charge in [-0.1, -0.05) is 6.92 Å². The van der Waals surface area contributed by atoms with Gasteiger partial charge in [-0.25, -0.2) is 0 Å². The van der Waals surface area contributed by atoms with Crippen molar-refractivity contribution in [3.8, 4) is 0 Å². The molecule has 0 aliphatic carbocycles. The molecule has 122 valence electrons. The van der Waals surface area contributed by atoms with Gasteiger partial charge in [-0.2, -0.15) is 18.3 Å². The molecule has 0 aliphatic rings. The molecule has 1 N–H and O–H groups in total. The van der Waals surface area contributed by atoms with Gasteiger partial charge in [-0.3, -0.25) is 4.68 Å². The van der Waals surface area contributed by atoms with E-state index < -0.39 is 12.6 Å². The minimum atomic E-state index is -4.16. The van der Waals surface area contributed by atoms with Crippen LogP contribution in [0, 0.1) is 0 Å². The van der Waals surface area contributed by atoms with Crippen LogP contribution in [0.1, 0.15) is 37.9 Å². The molecule has 0 saturated heterocycles. The highest BCUT2D eigenvalue weighted by molar-refractivity contribution is 9.10. The van der Waals surface area contributed by atoms with E-state index in [-0.39, 0.29) is 12.5 Å². The molecule has 1 atom stereocenters. The highest BCUT2D eigenvalue weighted by Crippen LogP contribution is 2.31. The van der Waals surface area contributed by atoms with Crippen molar-refractivity contribution in [2.75, 3.05) is 20.3 Å². The summed E-state index contributed by atoms with van der Waals surface area (Å²) in [5.41, 5.74) is 0.741. The molecule has 1 aromatic rings. The highest BCUT2D eigenvalue weighted by Gasteiger charge is 2.30. The summed E-state index contributed by atoms with van der Waals surface area (Å²) in [5.74, 6) is 0. The summed E-state index contributed by atoms with van der Waals surface area (Å²) in [6, 6.07) is -0.389. The molecular formula is C13H21BrF3N3O. The molecule has 0 radical (unpaired) electrons. The van der Waals surface area contributed by atoms with Crippen LogP contribution in [0.25, 0.3) is 0 Å². The van der Waals surface area contributed by atoms with Crippen molar-refractivity contribution in [1.29, 1.82) is 0 Å². The van der Waals surface area contributed by atoms with E-state index in [2.05, 4.69) is 26.3 Å². The first kappa shape index (κ1) is 18.4. The van der Waals surface area contributed by atoms with Crippen LogP contribution in [0.15, 0.2) is 10.7 Å². The predicted octanol–water partition coefficient (Wildman–Crippen LogP) is 3.68. The van der Waals surface area contributed by atoms with Crippen molar-refractivity contribution in [3.63, 3.8) is 0 Å². The van der Waals surface area contributed by atoms with Gasteiger partial charge in [0.05, 0.1) is 35.6 Å². The third kappa shape index (κ3) is 6.36. The molecular weight excluding hydrogens is 351 g/mol. The highest BCUT2D eigenvalue weighted by atomic mass is 79.9. The fraction of sp³-hybridized carbons (Fsp3) is 0.769. The van der Waals surface area contributed by atoms with Gasteiger partial charge in [-0.15, -0.1) is 0 Å². The number of ether oxygens (including phenoxy) is 1. The summed E-state index contributed by atoms with van der Waals surface area (Å²) in [5, 5.41) is 7.37. The maximum Gasteiger partial charge on any atom is 0.389 e. The minimum Gasteiger partial charge on any atom is -0.383 e. The van der Waals surface area contributed by atoms with E-state index in [4.69, 9.17) is 4.74 Å². The lowest BCUT2D eigenvalue weighted by Gasteiger charge is -2.21. The molecule has 1 unspecified atom stereocenters. The van der Waals surface area contributed by atoms with Crippen LogP contribution in [0.3, 0.4) is 0 Å². The number of rotatable bonds is 9. The fourth-order valence-corrected chi connectivity index (χ4v) is 2.61. The topological polar surface area (TPSA) is 39.1 Å². The number of methoxy groups -OCH3 is 1. The van der Waals surface area contributed by atoms with Crippen LogP contribution < -0.4 is 5.32 Å². The summed E-state index contributed by atoms with van der Waals surface area (Å²) >= 11 is 3.38. The van der Waals surface area contributed by atoms with Gasteiger partial charge in [0.2, 0.25) is 0 Å². The summed E-state index contributed by atoms with van der Waals surface area (Å²) in [7, 11) is 1.58. The van der Waals surface area contributed by atoms with Crippen LogP contribution in [-0.2, 0) is 11.3 Å². The number of alkyl halides is 3. The van der Waals surface area contributed by atoms with E-state index in [0.717, 1.165) is 16.6 Å². The van der Waals surface area contributed by atoms with Crippen molar-refractivity contribution < 1.29 is 17.9 Å². The van der Waals surface area contributed by atoms with Gasteiger partial charge < -0.3 is 10.1 Å². The monoisotopic (exact) mass is 371 g/mol. The Balaban J connectivity index is 2.87. The average molecular weight is 372 g/mol. The van der Waals surface area contributed by atoms with E-state index in [1.165, 1.54) is 0 Å². The van der Waals surface area contributed by atoms with Crippen LogP contribution in [0.5, 0.6) is 0 Å². The van der Waals surface area contributed by atoms with Gasteiger partial charge >= 0.3 is 6.18 Å². The number of nitrogens with one attached hydrogen (secondary N) is 1. The normalized spacial score (nSPS) is 13.6. The van der Waals surface area contributed by atoms with Crippen LogP contribution in [-0.4, -0.2) is 36.2 Å². The summed E-state index contributed by atoms with van der Waals surface area (Å²) in [6.07, 6.45) is -2.53. The third-order valence-electron chi connectivity index (χ3n) is 3.03. The largest absolute Gasteiger partial charge is 0.389 e. The minimum absolute atomic E-state index is 0.0131. The van der Waals surface area contributed by atoms with Crippen molar-refractivity contribution in [2.45, 2.75) is 44.9 Å². The Hall–Kier alpha value is -0.600. The quantitative estimate of drug-likeness (QED) is 0.719. The van der Waals surface area contributed by atoms with E-state index in [1.807, 2.05) is 6.92 Å². The lowest BCUT2D eigenvalue weighted by molar-refractivity contribution is -0.136. The lowest BCUT2D eigenvalue weighted by Crippen LogP contribution is -2.27. The van der Waals surface area contributed by atoms with Crippen LogP contribution in [0.2, 0.25) is 0 Å². The number of hydrogen-bond donors (Lipinski definition) is 1. The number of halogens is 4. The first-order valence-electron chi connectivity index (χ1n) is 6.89. The second kappa shape index (κ2) is 8.75. The molecule has 0 saturated carbocycles. The SMILES string of the molecule is CCCNC(CCC(F)(F)F)c1c(Br)cnn1CCOC. The van der Waals surface area contributed by atoms with Crippen LogP contribution >= 0.6 is 15.9 Å². The fourth-order valence-electron chi connectivity index (χ4n) is 2.04. The van der Waals surface area contributed by atoms with Crippen molar-refractivity contribution in [2.24, 2.45) is 0 Å².